The highest BCUT2D eigenvalue weighted by Gasteiger charge is 2.08. The monoisotopic (exact) mass is 351 g/mol. The van der Waals surface area contributed by atoms with Gasteiger partial charge in [0.15, 0.2) is 0 Å². The maximum absolute atomic E-state index is 10.6. The van der Waals surface area contributed by atoms with Crippen LogP contribution in [0.4, 0.5) is 5.69 Å². The van der Waals surface area contributed by atoms with E-state index in [9.17, 15) is 10.1 Å². The summed E-state index contributed by atoms with van der Waals surface area (Å²) in [7, 11) is 0. The van der Waals surface area contributed by atoms with Crippen LogP contribution in [0.5, 0.6) is 0 Å². The number of hydrogen-bond donors (Lipinski definition) is 2. The van der Waals surface area contributed by atoms with Gasteiger partial charge >= 0.3 is 0 Å². The molecule has 0 aliphatic rings. The molecule has 102 valence electrons. The van der Waals surface area contributed by atoms with E-state index in [2.05, 4.69) is 15.9 Å². The number of hydrogen-bond acceptors (Lipinski definition) is 4. The third kappa shape index (κ3) is 3.37. The van der Waals surface area contributed by atoms with E-state index in [1.165, 1.54) is 23.9 Å². The van der Waals surface area contributed by atoms with Crippen LogP contribution in [0.1, 0.15) is 5.56 Å². The maximum atomic E-state index is 10.6. The van der Waals surface area contributed by atoms with Crippen molar-refractivity contribution in [2.45, 2.75) is 9.79 Å². The first-order valence-electron chi connectivity index (χ1n) is 5.53. The van der Waals surface area contributed by atoms with Gasteiger partial charge in [-0.15, -0.1) is 0 Å². The molecule has 0 unspecified atom stereocenters. The summed E-state index contributed by atoms with van der Waals surface area (Å²) >= 11 is 4.90. The van der Waals surface area contributed by atoms with Crippen molar-refractivity contribution in [3.8, 4) is 0 Å². The van der Waals surface area contributed by atoms with Crippen LogP contribution >= 0.6 is 27.7 Å². The van der Waals surface area contributed by atoms with Crippen LogP contribution < -0.4 is 5.73 Å². The zero-order chi connectivity index (χ0) is 14.7. The molecule has 2 aromatic rings. The number of nitro groups is 1. The Morgan fingerprint density at radius 2 is 1.90 bits per heavy atom. The molecule has 0 bridgehead atoms. The van der Waals surface area contributed by atoms with Gasteiger partial charge in [-0.3, -0.25) is 15.5 Å². The molecular weight excluding hydrogens is 342 g/mol. The topological polar surface area (TPSA) is 93.0 Å². The molecule has 0 aliphatic heterocycles. The van der Waals surface area contributed by atoms with E-state index in [4.69, 9.17) is 11.1 Å². The van der Waals surface area contributed by atoms with Gasteiger partial charge in [-0.2, -0.15) is 0 Å². The second-order valence-corrected chi connectivity index (χ2v) is 5.88. The van der Waals surface area contributed by atoms with Crippen molar-refractivity contribution in [2.24, 2.45) is 5.73 Å². The van der Waals surface area contributed by atoms with E-state index in [1.807, 2.05) is 6.07 Å². The van der Waals surface area contributed by atoms with Gasteiger partial charge < -0.3 is 5.73 Å². The molecule has 0 fully saturated rings. The number of rotatable bonds is 4. The molecule has 0 atom stereocenters. The molecule has 0 aliphatic carbocycles. The van der Waals surface area contributed by atoms with Gasteiger partial charge in [-0.1, -0.05) is 17.8 Å². The molecule has 20 heavy (non-hydrogen) atoms. The molecule has 0 aromatic heterocycles. The standard InChI is InChI=1S/C13H10BrN3O2S/c14-11-7-8(13(15)16)1-6-12(11)20-10-4-2-9(3-5-10)17(18)19/h1-7H,(H3,15,16). The summed E-state index contributed by atoms with van der Waals surface area (Å²) in [6.45, 7) is 0. The molecule has 5 nitrogen and oxygen atoms in total. The molecule has 0 radical (unpaired) electrons. The Hall–Kier alpha value is -1.86. The van der Waals surface area contributed by atoms with Gasteiger partial charge in [-0.05, 0) is 40.2 Å². The van der Waals surface area contributed by atoms with Crippen LogP contribution in [-0.2, 0) is 0 Å². The van der Waals surface area contributed by atoms with Gasteiger partial charge in [0.1, 0.15) is 5.84 Å². The van der Waals surface area contributed by atoms with Crippen LogP contribution in [0.2, 0.25) is 0 Å². The van der Waals surface area contributed by atoms with Gasteiger partial charge in [0.2, 0.25) is 0 Å². The normalized spacial score (nSPS) is 10.2. The van der Waals surface area contributed by atoms with E-state index in [1.54, 1.807) is 24.3 Å². The fraction of sp³-hybridized carbons (Fsp3) is 0. The number of nitrogens with one attached hydrogen (secondary N) is 1. The van der Waals surface area contributed by atoms with Crippen LogP contribution in [0.25, 0.3) is 0 Å². The third-order valence-corrected chi connectivity index (χ3v) is 4.52. The predicted octanol–water partition coefficient (Wildman–Crippen LogP) is 3.79. The van der Waals surface area contributed by atoms with Crippen molar-refractivity contribution < 1.29 is 4.92 Å². The van der Waals surface area contributed by atoms with Crippen LogP contribution in [0.3, 0.4) is 0 Å². The number of benzene rings is 2. The number of nitrogen functional groups attached to an aromatic ring is 1. The maximum Gasteiger partial charge on any atom is 0.269 e. The third-order valence-electron chi connectivity index (χ3n) is 2.52. The van der Waals surface area contributed by atoms with E-state index < -0.39 is 4.92 Å². The van der Waals surface area contributed by atoms with Crippen LogP contribution in [-0.4, -0.2) is 10.8 Å². The quantitative estimate of drug-likeness (QED) is 0.379. The van der Waals surface area contributed by atoms with Gasteiger partial charge in [0, 0.05) is 32.0 Å². The molecule has 0 heterocycles. The zero-order valence-corrected chi connectivity index (χ0v) is 12.6. The molecule has 0 saturated heterocycles. The Morgan fingerprint density at radius 3 is 2.40 bits per heavy atom. The van der Waals surface area contributed by atoms with E-state index in [0.29, 0.717) is 5.56 Å². The SMILES string of the molecule is N=C(N)c1ccc(Sc2ccc([N+](=O)[O-])cc2)c(Br)c1. The van der Waals surface area contributed by atoms with Crippen molar-refractivity contribution in [1.82, 2.24) is 0 Å². The van der Waals surface area contributed by atoms with Gasteiger partial charge in [0.25, 0.3) is 5.69 Å². The first-order chi connectivity index (χ1) is 9.47. The Labute approximate surface area is 128 Å². The molecule has 3 N–H and O–H groups in total. The Kier molecular flexibility index (Phi) is 4.41. The Morgan fingerprint density at radius 1 is 1.25 bits per heavy atom. The highest BCUT2D eigenvalue weighted by atomic mass is 79.9. The van der Waals surface area contributed by atoms with Crippen molar-refractivity contribution in [2.75, 3.05) is 0 Å². The lowest BCUT2D eigenvalue weighted by molar-refractivity contribution is -0.384. The number of nitrogens with zero attached hydrogens (tertiary/aromatic N) is 1. The number of halogens is 1. The van der Waals surface area contributed by atoms with Crippen molar-refractivity contribution in [3.63, 3.8) is 0 Å². The van der Waals surface area contributed by atoms with Gasteiger partial charge in [0.05, 0.1) is 4.92 Å². The van der Waals surface area contributed by atoms with E-state index in [0.717, 1.165) is 14.3 Å². The lowest BCUT2D eigenvalue weighted by Crippen LogP contribution is -2.10. The summed E-state index contributed by atoms with van der Waals surface area (Å²) in [6.07, 6.45) is 0. The number of non-ortho nitro benzene ring substituents is 1. The van der Waals surface area contributed by atoms with E-state index >= 15 is 0 Å². The number of nitrogens with two attached hydrogens (primary N) is 1. The molecular formula is C13H10BrN3O2S. The zero-order valence-electron chi connectivity index (χ0n) is 10.2. The summed E-state index contributed by atoms with van der Waals surface area (Å²) in [5.74, 6) is 0.0117. The summed E-state index contributed by atoms with van der Waals surface area (Å²) < 4.78 is 0.827. The minimum atomic E-state index is -0.425. The summed E-state index contributed by atoms with van der Waals surface area (Å²) in [5, 5.41) is 18.0. The van der Waals surface area contributed by atoms with Crippen LogP contribution in [0.15, 0.2) is 56.7 Å². The lowest BCUT2D eigenvalue weighted by atomic mass is 10.2. The molecule has 2 rings (SSSR count). The highest BCUT2D eigenvalue weighted by molar-refractivity contribution is 9.10. The second-order valence-electron chi connectivity index (χ2n) is 3.91. The lowest BCUT2D eigenvalue weighted by Gasteiger charge is -2.06. The summed E-state index contributed by atoms with van der Waals surface area (Å²) in [4.78, 5) is 12.0. The average Bonchev–Trinajstić information content (AvgIpc) is 2.41. The van der Waals surface area contributed by atoms with Gasteiger partial charge in [-0.25, -0.2) is 0 Å². The number of amidine groups is 1. The smallest absolute Gasteiger partial charge is 0.269 e. The molecule has 2 aromatic carbocycles. The molecule has 0 spiro atoms. The summed E-state index contributed by atoms with van der Waals surface area (Å²) in [6, 6.07) is 11.7. The molecule has 7 heteroatoms. The summed E-state index contributed by atoms with van der Waals surface area (Å²) in [5.41, 5.74) is 6.14. The first kappa shape index (κ1) is 14.5. The minimum absolute atomic E-state index is 0.0117. The first-order valence-corrected chi connectivity index (χ1v) is 7.14. The van der Waals surface area contributed by atoms with Crippen LogP contribution in [0, 0.1) is 15.5 Å². The Balaban J connectivity index is 2.21. The average molecular weight is 352 g/mol. The largest absolute Gasteiger partial charge is 0.384 e. The molecule has 0 saturated carbocycles. The van der Waals surface area contributed by atoms with Crippen molar-refractivity contribution in [3.05, 3.63) is 62.6 Å². The second kappa shape index (κ2) is 6.06. The fourth-order valence-electron chi connectivity index (χ4n) is 1.51. The van der Waals surface area contributed by atoms with Crippen molar-refractivity contribution in [1.29, 1.82) is 5.41 Å². The van der Waals surface area contributed by atoms with Crippen molar-refractivity contribution >= 4 is 39.2 Å². The van der Waals surface area contributed by atoms with E-state index in [-0.39, 0.29) is 11.5 Å². The predicted molar refractivity (Wildman–Crippen MR) is 82.4 cm³/mol. The highest BCUT2D eigenvalue weighted by Crippen LogP contribution is 2.34. The fourth-order valence-corrected chi connectivity index (χ4v) is 2.95. The molecule has 0 amide bonds. The minimum Gasteiger partial charge on any atom is -0.384 e. The number of nitro benzene ring substituents is 1. The Bertz CT molecular complexity index is 674.